The number of nitrogens with zero attached hydrogens (tertiary/aromatic N) is 2. The van der Waals surface area contributed by atoms with E-state index in [0.29, 0.717) is 34.5 Å². The third-order valence-corrected chi connectivity index (χ3v) is 4.03. The van der Waals surface area contributed by atoms with Crippen molar-refractivity contribution in [1.29, 1.82) is 0 Å². The fourth-order valence-corrected chi connectivity index (χ4v) is 2.82. The lowest BCUT2D eigenvalue weighted by Crippen LogP contribution is -2.06. The molecule has 0 bridgehead atoms. The molecule has 0 radical (unpaired) electrons. The maximum absolute atomic E-state index is 6.30. The van der Waals surface area contributed by atoms with Gasteiger partial charge in [0, 0.05) is 11.8 Å². The Labute approximate surface area is 158 Å². The Balaban J connectivity index is 1.91. The average molecular weight is 365 g/mol. The molecule has 7 nitrogen and oxygen atoms in total. The van der Waals surface area contributed by atoms with Crippen LogP contribution in [0.2, 0.25) is 0 Å². The van der Waals surface area contributed by atoms with Crippen molar-refractivity contribution in [3.05, 3.63) is 53.9 Å². The van der Waals surface area contributed by atoms with Crippen molar-refractivity contribution in [1.82, 2.24) is 9.97 Å². The number of ether oxygens (including phenoxy) is 2. The molecule has 0 saturated heterocycles. The molecular weight excluding hydrogens is 342 g/mol. The maximum Gasteiger partial charge on any atom is 0.159 e. The largest absolute Gasteiger partial charge is 0.497 e. The van der Waals surface area contributed by atoms with E-state index in [1.165, 1.54) is 6.33 Å². The van der Waals surface area contributed by atoms with Gasteiger partial charge in [0.15, 0.2) is 11.6 Å². The van der Waals surface area contributed by atoms with Gasteiger partial charge in [-0.2, -0.15) is 0 Å². The first-order valence-corrected chi connectivity index (χ1v) is 8.45. The molecule has 0 atom stereocenters. The number of nitrogens with one attached hydrogen (secondary N) is 2. The molecule has 0 spiro atoms. The minimum absolute atomic E-state index is 0.404. The molecule has 140 valence electrons. The molecule has 27 heavy (non-hydrogen) atoms. The van der Waals surface area contributed by atoms with E-state index in [-0.39, 0.29) is 0 Å². The summed E-state index contributed by atoms with van der Waals surface area (Å²) in [4.78, 5) is 8.53. The summed E-state index contributed by atoms with van der Waals surface area (Å²) in [7, 11) is 3.21. The van der Waals surface area contributed by atoms with Gasteiger partial charge in [0.1, 0.15) is 23.5 Å². The Morgan fingerprint density at radius 1 is 0.852 bits per heavy atom. The van der Waals surface area contributed by atoms with Crippen molar-refractivity contribution in [2.24, 2.45) is 0 Å². The fraction of sp³-hybridized carbons (Fsp3) is 0.200. The summed E-state index contributed by atoms with van der Waals surface area (Å²) in [6.45, 7) is 4.09. The van der Waals surface area contributed by atoms with Crippen LogP contribution in [0.5, 0.6) is 11.5 Å². The standard InChI is InChI=1S/C20H23N5O2/c1-12-7-13(2)9-14(8-12)24-19-18(21)20(23-11-22-19)25-16-10-15(26-3)5-6-17(16)27-4/h5-11H,21H2,1-4H3,(H2,22,23,24,25). The minimum Gasteiger partial charge on any atom is -0.497 e. The summed E-state index contributed by atoms with van der Waals surface area (Å²) in [6, 6.07) is 11.6. The molecule has 4 N–H and O–H groups in total. The third-order valence-electron chi connectivity index (χ3n) is 4.03. The number of aromatic nitrogens is 2. The van der Waals surface area contributed by atoms with E-state index < -0.39 is 0 Å². The molecule has 3 aromatic rings. The number of rotatable bonds is 6. The molecule has 0 unspecified atom stereocenters. The van der Waals surface area contributed by atoms with Crippen molar-refractivity contribution >= 4 is 28.7 Å². The predicted molar refractivity (Wildman–Crippen MR) is 108 cm³/mol. The van der Waals surface area contributed by atoms with E-state index in [4.69, 9.17) is 15.2 Å². The SMILES string of the molecule is COc1ccc(OC)c(Nc2ncnc(Nc3cc(C)cc(C)c3)c2N)c1. The van der Waals surface area contributed by atoms with Gasteiger partial charge in [0.2, 0.25) is 0 Å². The number of methoxy groups -OCH3 is 2. The van der Waals surface area contributed by atoms with Gasteiger partial charge in [0.25, 0.3) is 0 Å². The molecule has 2 aromatic carbocycles. The topological polar surface area (TPSA) is 94.3 Å². The van der Waals surface area contributed by atoms with E-state index in [9.17, 15) is 0 Å². The van der Waals surface area contributed by atoms with Crippen molar-refractivity contribution in [2.45, 2.75) is 13.8 Å². The van der Waals surface area contributed by atoms with Crippen molar-refractivity contribution < 1.29 is 9.47 Å². The monoisotopic (exact) mass is 365 g/mol. The summed E-state index contributed by atoms with van der Waals surface area (Å²) in [5.41, 5.74) is 10.6. The van der Waals surface area contributed by atoms with Crippen LogP contribution in [-0.4, -0.2) is 24.2 Å². The van der Waals surface area contributed by atoms with E-state index >= 15 is 0 Å². The lowest BCUT2D eigenvalue weighted by Gasteiger charge is -2.15. The van der Waals surface area contributed by atoms with Crippen LogP contribution in [0.3, 0.4) is 0 Å². The van der Waals surface area contributed by atoms with Gasteiger partial charge < -0.3 is 25.8 Å². The molecule has 1 heterocycles. The highest BCUT2D eigenvalue weighted by molar-refractivity contribution is 5.81. The van der Waals surface area contributed by atoms with Crippen molar-refractivity contribution in [3.8, 4) is 11.5 Å². The number of hydrogen-bond acceptors (Lipinski definition) is 7. The number of hydrogen-bond donors (Lipinski definition) is 3. The number of aryl methyl sites for hydroxylation is 2. The van der Waals surface area contributed by atoms with Crippen LogP contribution in [-0.2, 0) is 0 Å². The molecule has 0 amide bonds. The smallest absolute Gasteiger partial charge is 0.159 e. The zero-order valence-corrected chi connectivity index (χ0v) is 15.8. The molecular formula is C20H23N5O2. The van der Waals surface area contributed by atoms with Crippen LogP contribution < -0.4 is 25.8 Å². The summed E-state index contributed by atoms with van der Waals surface area (Å²) >= 11 is 0. The number of nitrogens with two attached hydrogens (primary N) is 1. The zero-order chi connectivity index (χ0) is 19.4. The van der Waals surface area contributed by atoms with E-state index in [2.05, 4.69) is 26.7 Å². The zero-order valence-electron chi connectivity index (χ0n) is 15.8. The Hall–Kier alpha value is -3.48. The Bertz CT molecular complexity index is 939. The maximum atomic E-state index is 6.30. The first-order valence-electron chi connectivity index (χ1n) is 8.45. The lowest BCUT2D eigenvalue weighted by molar-refractivity contribution is 0.405. The number of nitrogen functional groups attached to an aromatic ring is 1. The predicted octanol–water partition coefficient (Wildman–Crippen LogP) is 4.18. The molecule has 1 aromatic heterocycles. The third kappa shape index (κ3) is 4.20. The lowest BCUT2D eigenvalue weighted by atomic mass is 10.1. The Morgan fingerprint density at radius 2 is 1.52 bits per heavy atom. The molecule has 7 heteroatoms. The molecule has 3 rings (SSSR count). The quantitative estimate of drug-likeness (QED) is 0.603. The van der Waals surface area contributed by atoms with Gasteiger partial charge in [-0.25, -0.2) is 9.97 Å². The van der Waals surface area contributed by atoms with Gasteiger partial charge in [0.05, 0.1) is 19.9 Å². The molecule has 0 saturated carbocycles. The second kappa shape index (κ2) is 7.82. The summed E-state index contributed by atoms with van der Waals surface area (Å²) < 4.78 is 10.7. The van der Waals surface area contributed by atoms with Crippen LogP contribution in [0.1, 0.15) is 11.1 Å². The van der Waals surface area contributed by atoms with Crippen LogP contribution in [0.25, 0.3) is 0 Å². The second-order valence-electron chi connectivity index (χ2n) is 6.18. The number of benzene rings is 2. The summed E-state index contributed by atoms with van der Waals surface area (Å²) in [5.74, 6) is 2.35. The van der Waals surface area contributed by atoms with Crippen LogP contribution in [0.15, 0.2) is 42.7 Å². The second-order valence-corrected chi connectivity index (χ2v) is 6.18. The number of anilines is 5. The van der Waals surface area contributed by atoms with Crippen LogP contribution in [0.4, 0.5) is 28.7 Å². The molecule has 0 fully saturated rings. The highest BCUT2D eigenvalue weighted by atomic mass is 16.5. The normalized spacial score (nSPS) is 10.4. The van der Waals surface area contributed by atoms with E-state index in [1.807, 2.05) is 44.2 Å². The van der Waals surface area contributed by atoms with Crippen LogP contribution >= 0.6 is 0 Å². The average Bonchev–Trinajstić information content (AvgIpc) is 2.64. The van der Waals surface area contributed by atoms with Gasteiger partial charge in [-0.1, -0.05) is 6.07 Å². The van der Waals surface area contributed by atoms with E-state index in [0.717, 1.165) is 16.8 Å². The van der Waals surface area contributed by atoms with Crippen LogP contribution in [0, 0.1) is 13.8 Å². The van der Waals surface area contributed by atoms with Gasteiger partial charge >= 0.3 is 0 Å². The van der Waals surface area contributed by atoms with Gasteiger partial charge in [-0.15, -0.1) is 0 Å². The van der Waals surface area contributed by atoms with Gasteiger partial charge in [-0.05, 0) is 49.2 Å². The molecule has 0 aliphatic carbocycles. The summed E-state index contributed by atoms with van der Waals surface area (Å²) in [5, 5.41) is 6.45. The summed E-state index contributed by atoms with van der Waals surface area (Å²) in [6.07, 6.45) is 1.45. The first-order chi connectivity index (χ1) is 13.0. The van der Waals surface area contributed by atoms with Gasteiger partial charge in [-0.3, -0.25) is 0 Å². The van der Waals surface area contributed by atoms with E-state index in [1.54, 1.807) is 14.2 Å². The minimum atomic E-state index is 0.404. The highest BCUT2D eigenvalue weighted by Crippen LogP contribution is 2.34. The first kappa shape index (κ1) is 18.3. The molecule has 0 aliphatic heterocycles. The molecule has 0 aliphatic rings. The fourth-order valence-electron chi connectivity index (χ4n) is 2.82. The Morgan fingerprint density at radius 3 is 2.15 bits per heavy atom. The Kier molecular flexibility index (Phi) is 5.30. The van der Waals surface area contributed by atoms with Crippen molar-refractivity contribution in [3.63, 3.8) is 0 Å². The highest BCUT2D eigenvalue weighted by Gasteiger charge is 2.12. The van der Waals surface area contributed by atoms with Crippen molar-refractivity contribution in [2.75, 3.05) is 30.6 Å².